The Labute approximate surface area is 180 Å². The van der Waals surface area contributed by atoms with Crippen molar-refractivity contribution in [2.24, 2.45) is 10.8 Å². The number of hydrogen-bond acceptors (Lipinski definition) is 3. The minimum atomic E-state index is -1.41. The summed E-state index contributed by atoms with van der Waals surface area (Å²) in [6, 6.07) is 9.80. The molecule has 0 aromatic heterocycles. The standard InChI is InChI=1S/C23H34N2O3.ClH/c1-5-24(6-2)12-13-25-20(27)16-22(14-18-10-8-7-9-11-18)19(26)15-21(3,4)17-23(22,25)28;/h7-11,28H,5-6,12-17H2,1-4H3;1H. The average Bonchev–Trinajstić information content (AvgIpc) is 2.83. The zero-order chi connectivity index (χ0) is 20.6. The number of carbonyl (C=O) groups is 2. The molecule has 2 N–H and O–H groups in total. The number of quaternary nitrogens is 1. The van der Waals surface area contributed by atoms with E-state index >= 15 is 0 Å². The maximum atomic E-state index is 13.4. The first-order valence-corrected chi connectivity index (χ1v) is 10.6. The molecule has 1 amide bonds. The second-order valence-electron chi connectivity index (χ2n) is 9.43. The van der Waals surface area contributed by atoms with Crippen LogP contribution >= 0.6 is 0 Å². The number of ketones is 1. The number of benzene rings is 1. The smallest absolute Gasteiger partial charge is 0.226 e. The monoisotopic (exact) mass is 422 g/mol. The van der Waals surface area contributed by atoms with Gasteiger partial charge in [-0.2, -0.15) is 0 Å². The molecule has 1 saturated heterocycles. The van der Waals surface area contributed by atoms with Crippen LogP contribution in [0.1, 0.15) is 52.5 Å². The molecule has 5 nitrogen and oxygen atoms in total. The van der Waals surface area contributed by atoms with E-state index in [0.29, 0.717) is 25.8 Å². The van der Waals surface area contributed by atoms with E-state index in [1.54, 1.807) is 4.90 Å². The van der Waals surface area contributed by atoms with Crippen molar-refractivity contribution in [3.8, 4) is 0 Å². The first-order chi connectivity index (χ1) is 13.2. The summed E-state index contributed by atoms with van der Waals surface area (Å²) in [7, 11) is 0. The third-order valence-electron chi connectivity index (χ3n) is 6.90. The van der Waals surface area contributed by atoms with Crippen LogP contribution in [0.2, 0.25) is 0 Å². The molecule has 2 fully saturated rings. The molecular formula is C23H35ClN2O3. The SMILES string of the molecule is CC[NH+](CC)CCN1C(=O)CC2(Cc3ccccc3)C(=O)CC(C)(C)CC12O.[Cl-]. The normalized spacial score (nSPS) is 28.4. The van der Waals surface area contributed by atoms with Crippen LogP contribution < -0.4 is 17.3 Å². The van der Waals surface area contributed by atoms with E-state index in [1.165, 1.54) is 4.90 Å². The van der Waals surface area contributed by atoms with Crippen LogP contribution in [0.15, 0.2) is 30.3 Å². The van der Waals surface area contributed by atoms with Gasteiger partial charge in [-0.15, -0.1) is 0 Å². The van der Waals surface area contributed by atoms with E-state index in [0.717, 1.165) is 25.2 Å². The van der Waals surface area contributed by atoms with E-state index in [9.17, 15) is 14.7 Å². The molecule has 1 saturated carbocycles. The quantitative estimate of drug-likeness (QED) is 0.559. The van der Waals surface area contributed by atoms with Crippen LogP contribution in [0.25, 0.3) is 0 Å². The van der Waals surface area contributed by atoms with Crippen molar-refractivity contribution in [3.05, 3.63) is 35.9 Å². The van der Waals surface area contributed by atoms with E-state index in [-0.39, 0.29) is 35.9 Å². The van der Waals surface area contributed by atoms with Gasteiger partial charge in [0.05, 0.1) is 31.6 Å². The van der Waals surface area contributed by atoms with Gasteiger partial charge in [0.25, 0.3) is 0 Å². The molecule has 1 aliphatic heterocycles. The Hall–Kier alpha value is -1.43. The molecule has 1 heterocycles. The van der Waals surface area contributed by atoms with Gasteiger partial charge in [0.2, 0.25) is 5.91 Å². The van der Waals surface area contributed by atoms with Crippen molar-refractivity contribution in [2.45, 2.75) is 59.1 Å². The number of likely N-dealkylation sites (tertiary alicyclic amines) is 1. The Morgan fingerprint density at radius 1 is 1.07 bits per heavy atom. The summed E-state index contributed by atoms with van der Waals surface area (Å²) in [4.78, 5) is 29.5. The maximum absolute atomic E-state index is 13.4. The molecule has 2 unspecified atom stereocenters. The summed E-state index contributed by atoms with van der Waals surface area (Å²) >= 11 is 0. The van der Waals surface area contributed by atoms with Gasteiger partial charge < -0.3 is 27.3 Å². The second-order valence-corrected chi connectivity index (χ2v) is 9.43. The van der Waals surface area contributed by atoms with Crippen LogP contribution in [-0.4, -0.2) is 53.6 Å². The number of aliphatic hydroxyl groups is 1. The van der Waals surface area contributed by atoms with Gasteiger partial charge in [0, 0.05) is 19.3 Å². The van der Waals surface area contributed by atoms with Crippen LogP contribution in [0.4, 0.5) is 0 Å². The minimum absolute atomic E-state index is 0. The van der Waals surface area contributed by atoms with Crippen LogP contribution in [0.3, 0.4) is 0 Å². The second kappa shape index (κ2) is 8.75. The lowest BCUT2D eigenvalue weighted by molar-refractivity contribution is -0.895. The van der Waals surface area contributed by atoms with Gasteiger partial charge >= 0.3 is 0 Å². The van der Waals surface area contributed by atoms with Gasteiger partial charge in [-0.3, -0.25) is 9.59 Å². The maximum Gasteiger partial charge on any atom is 0.226 e. The number of Topliss-reactive ketones (excluding diaryl/α,β-unsaturated/α-hetero) is 1. The molecular weight excluding hydrogens is 388 g/mol. The Balaban J connectivity index is 0.00000300. The lowest BCUT2D eigenvalue weighted by Gasteiger charge is -2.52. The average molecular weight is 423 g/mol. The first kappa shape index (κ1) is 23.8. The summed E-state index contributed by atoms with van der Waals surface area (Å²) in [6.07, 6.45) is 1.38. The van der Waals surface area contributed by atoms with Gasteiger partial charge in [0.15, 0.2) is 5.72 Å². The van der Waals surface area contributed by atoms with Crippen LogP contribution in [0, 0.1) is 10.8 Å². The van der Waals surface area contributed by atoms with E-state index in [1.807, 2.05) is 44.2 Å². The summed E-state index contributed by atoms with van der Waals surface area (Å²) in [5, 5.41) is 12.0. The summed E-state index contributed by atoms with van der Waals surface area (Å²) in [6.45, 7) is 11.5. The predicted octanol–water partition coefficient (Wildman–Crippen LogP) is -1.55. The zero-order valence-electron chi connectivity index (χ0n) is 18.1. The van der Waals surface area contributed by atoms with E-state index in [2.05, 4.69) is 13.8 Å². The number of amides is 1. The number of halogens is 1. The first-order valence-electron chi connectivity index (χ1n) is 10.6. The summed E-state index contributed by atoms with van der Waals surface area (Å²) in [5.74, 6) is -0.0582. The molecule has 6 heteroatoms. The number of likely N-dealkylation sites (N-methyl/N-ethyl adjacent to an activating group) is 1. The van der Waals surface area contributed by atoms with Gasteiger partial charge in [0.1, 0.15) is 5.78 Å². The highest BCUT2D eigenvalue weighted by atomic mass is 35.5. The molecule has 0 radical (unpaired) electrons. The summed E-state index contributed by atoms with van der Waals surface area (Å²) in [5.41, 5.74) is -1.78. The lowest BCUT2D eigenvalue weighted by Crippen LogP contribution is -3.12. The van der Waals surface area contributed by atoms with Crippen molar-refractivity contribution >= 4 is 11.7 Å². The van der Waals surface area contributed by atoms with E-state index < -0.39 is 11.1 Å². The Morgan fingerprint density at radius 2 is 1.69 bits per heavy atom. The van der Waals surface area contributed by atoms with Crippen molar-refractivity contribution in [1.82, 2.24) is 4.90 Å². The topological polar surface area (TPSA) is 62.0 Å². The highest BCUT2D eigenvalue weighted by Gasteiger charge is 2.69. The fourth-order valence-electron chi connectivity index (χ4n) is 5.31. The number of carbonyl (C=O) groups excluding carboxylic acids is 2. The van der Waals surface area contributed by atoms with Crippen molar-refractivity contribution in [3.63, 3.8) is 0 Å². The molecule has 29 heavy (non-hydrogen) atoms. The van der Waals surface area contributed by atoms with Gasteiger partial charge in [-0.25, -0.2) is 0 Å². The van der Waals surface area contributed by atoms with Crippen molar-refractivity contribution < 1.29 is 32.0 Å². The third kappa shape index (κ3) is 4.23. The molecule has 1 aromatic rings. The van der Waals surface area contributed by atoms with Crippen LogP contribution in [0.5, 0.6) is 0 Å². The molecule has 1 aromatic carbocycles. The Morgan fingerprint density at radius 3 is 2.28 bits per heavy atom. The van der Waals surface area contributed by atoms with Gasteiger partial charge in [-0.1, -0.05) is 44.2 Å². The highest BCUT2D eigenvalue weighted by molar-refractivity contribution is 5.96. The largest absolute Gasteiger partial charge is 1.00 e. The zero-order valence-corrected chi connectivity index (χ0v) is 18.9. The van der Waals surface area contributed by atoms with Crippen LogP contribution in [-0.2, 0) is 16.0 Å². The molecule has 3 rings (SSSR count). The van der Waals surface area contributed by atoms with Crippen molar-refractivity contribution in [2.75, 3.05) is 26.2 Å². The number of rotatable bonds is 7. The fourth-order valence-corrected chi connectivity index (χ4v) is 5.31. The predicted molar refractivity (Wildman–Crippen MR) is 109 cm³/mol. The summed E-state index contributed by atoms with van der Waals surface area (Å²) < 4.78 is 0. The Kier molecular flexibility index (Phi) is 7.19. The van der Waals surface area contributed by atoms with Gasteiger partial charge in [-0.05, 0) is 31.2 Å². The third-order valence-corrected chi connectivity index (χ3v) is 6.90. The fraction of sp³-hybridized carbons (Fsp3) is 0.652. The number of nitrogens with zero attached hydrogens (tertiary/aromatic N) is 1. The Bertz CT molecular complexity index is 735. The number of fused-ring (bicyclic) bond motifs is 1. The molecule has 1 aliphatic carbocycles. The molecule has 2 atom stereocenters. The number of hydrogen-bond donors (Lipinski definition) is 2. The highest BCUT2D eigenvalue weighted by Crippen LogP contribution is 2.57. The molecule has 2 aliphatic rings. The molecule has 162 valence electrons. The van der Waals surface area contributed by atoms with Crippen molar-refractivity contribution in [1.29, 1.82) is 0 Å². The minimum Gasteiger partial charge on any atom is -1.00 e. The number of nitrogens with one attached hydrogen (secondary N) is 1. The lowest BCUT2D eigenvalue weighted by atomic mass is 9.57. The molecule has 0 bridgehead atoms. The van der Waals surface area contributed by atoms with E-state index in [4.69, 9.17) is 0 Å². The molecule has 0 spiro atoms.